The van der Waals surface area contributed by atoms with Gasteiger partial charge in [-0.25, -0.2) is 15.8 Å². The van der Waals surface area contributed by atoms with Gasteiger partial charge in [0, 0.05) is 17.3 Å². The molecule has 1 heterocycles. The van der Waals surface area contributed by atoms with Gasteiger partial charge in [-0.3, -0.25) is 0 Å². The topological polar surface area (TPSA) is 73.1 Å². The van der Waals surface area contributed by atoms with Crippen molar-refractivity contribution < 1.29 is 4.74 Å². The molecule has 0 saturated heterocycles. The highest BCUT2D eigenvalue weighted by molar-refractivity contribution is 5.59. The number of benzene rings is 1. The molecule has 0 spiro atoms. The maximum atomic E-state index is 5.49. The average molecular weight is 272 g/mol. The summed E-state index contributed by atoms with van der Waals surface area (Å²) >= 11 is 0. The Bertz CT molecular complexity index is 584. The molecule has 5 nitrogen and oxygen atoms in total. The van der Waals surface area contributed by atoms with Gasteiger partial charge in [0.1, 0.15) is 11.6 Å². The molecule has 0 fully saturated rings. The van der Waals surface area contributed by atoms with E-state index in [1.807, 2.05) is 30.3 Å². The number of hydrazine groups is 1. The van der Waals surface area contributed by atoms with E-state index < -0.39 is 0 Å². The number of aromatic nitrogens is 2. The Kier molecular flexibility index (Phi) is 4.53. The maximum absolute atomic E-state index is 5.49. The predicted molar refractivity (Wildman–Crippen MR) is 80.4 cm³/mol. The molecule has 0 aliphatic heterocycles. The lowest BCUT2D eigenvalue weighted by Crippen LogP contribution is -2.11. The molecule has 2 rings (SSSR count). The Hall–Kier alpha value is -2.14. The number of nitrogens with one attached hydrogen (secondary N) is 1. The van der Waals surface area contributed by atoms with Crippen molar-refractivity contribution in [3.8, 4) is 17.1 Å². The van der Waals surface area contributed by atoms with Gasteiger partial charge in [-0.05, 0) is 24.5 Å². The number of nitrogens with two attached hydrogens (primary N) is 1. The lowest BCUT2D eigenvalue weighted by molar-refractivity contribution is 0.415. The summed E-state index contributed by atoms with van der Waals surface area (Å²) in [6.07, 6.45) is 0.883. The zero-order valence-electron chi connectivity index (χ0n) is 12.1. The van der Waals surface area contributed by atoms with E-state index in [1.165, 1.54) is 0 Å². The van der Waals surface area contributed by atoms with Crippen molar-refractivity contribution in [3.05, 3.63) is 36.0 Å². The Morgan fingerprint density at radius 1 is 1.25 bits per heavy atom. The smallest absolute Gasteiger partial charge is 0.161 e. The van der Waals surface area contributed by atoms with E-state index in [4.69, 9.17) is 10.6 Å². The van der Waals surface area contributed by atoms with Gasteiger partial charge in [-0.15, -0.1) is 0 Å². The highest BCUT2D eigenvalue weighted by Gasteiger charge is 2.08. The third kappa shape index (κ3) is 3.45. The molecule has 106 valence electrons. The van der Waals surface area contributed by atoms with Crippen LogP contribution >= 0.6 is 0 Å². The van der Waals surface area contributed by atoms with Gasteiger partial charge in [0.2, 0.25) is 0 Å². The van der Waals surface area contributed by atoms with Crippen LogP contribution in [0.5, 0.6) is 5.75 Å². The monoisotopic (exact) mass is 272 g/mol. The van der Waals surface area contributed by atoms with Gasteiger partial charge in [-0.2, -0.15) is 0 Å². The van der Waals surface area contributed by atoms with E-state index in [-0.39, 0.29) is 0 Å². The van der Waals surface area contributed by atoms with Crippen molar-refractivity contribution in [2.45, 2.75) is 20.3 Å². The van der Waals surface area contributed by atoms with E-state index in [9.17, 15) is 0 Å². The minimum atomic E-state index is 0.522. The fourth-order valence-corrected chi connectivity index (χ4v) is 1.99. The summed E-state index contributed by atoms with van der Waals surface area (Å²) in [5.74, 6) is 8.06. The summed E-state index contributed by atoms with van der Waals surface area (Å²) < 4.78 is 5.23. The van der Waals surface area contributed by atoms with Crippen LogP contribution in [0.4, 0.5) is 5.82 Å². The number of hydrogen-bond donors (Lipinski definition) is 2. The first-order chi connectivity index (χ1) is 9.62. The molecular weight excluding hydrogens is 252 g/mol. The van der Waals surface area contributed by atoms with Crippen molar-refractivity contribution in [3.63, 3.8) is 0 Å². The van der Waals surface area contributed by atoms with Crippen LogP contribution in [0.15, 0.2) is 30.3 Å². The quantitative estimate of drug-likeness (QED) is 0.646. The van der Waals surface area contributed by atoms with Gasteiger partial charge < -0.3 is 10.2 Å². The molecule has 0 radical (unpaired) electrons. The standard InChI is InChI=1S/C15H20N4O/c1-10(2)7-12-9-14(19-16)18-15(17-12)11-5-4-6-13(8-11)20-3/h4-6,8-10H,7,16H2,1-3H3,(H,17,18,19). The van der Waals surface area contributed by atoms with Gasteiger partial charge in [-0.1, -0.05) is 26.0 Å². The van der Waals surface area contributed by atoms with Crippen molar-refractivity contribution in [1.82, 2.24) is 9.97 Å². The highest BCUT2D eigenvalue weighted by Crippen LogP contribution is 2.23. The van der Waals surface area contributed by atoms with Crippen LogP contribution < -0.4 is 16.0 Å². The van der Waals surface area contributed by atoms with E-state index in [0.717, 1.165) is 23.4 Å². The molecule has 0 amide bonds. The van der Waals surface area contributed by atoms with Crippen LogP contribution in [-0.2, 0) is 6.42 Å². The number of nitrogen functional groups attached to an aromatic ring is 1. The van der Waals surface area contributed by atoms with Gasteiger partial charge in [0.05, 0.1) is 7.11 Å². The van der Waals surface area contributed by atoms with Crippen LogP contribution in [0.3, 0.4) is 0 Å². The zero-order chi connectivity index (χ0) is 14.5. The molecule has 20 heavy (non-hydrogen) atoms. The zero-order valence-corrected chi connectivity index (χ0v) is 12.1. The van der Waals surface area contributed by atoms with E-state index >= 15 is 0 Å². The van der Waals surface area contributed by atoms with E-state index in [0.29, 0.717) is 17.6 Å². The summed E-state index contributed by atoms with van der Waals surface area (Å²) in [4.78, 5) is 9.01. The number of anilines is 1. The average Bonchev–Trinajstić information content (AvgIpc) is 2.46. The van der Waals surface area contributed by atoms with Crippen LogP contribution in [0.1, 0.15) is 19.5 Å². The van der Waals surface area contributed by atoms with Crippen LogP contribution in [-0.4, -0.2) is 17.1 Å². The molecule has 0 aliphatic rings. The highest BCUT2D eigenvalue weighted by atomic mass is 16.5. The van der Waals surface area contributed by atoms with Crippen LogP contribution in [0.25, 0.3) is 11.4 Å². The first-order valence-corrected chi connectivity index (χ1v) is 6.61. The van der Waals surface area contributed by atoms with E-state index in [2.05, 4.69) is 29.2 Å². The van der Waals surface area contributed by atoms with E-state index in [1.54, 1.807) is 7.11 Å². The Labute approximate surface area is 119 Å². The van der Waals surface area contributed by atoms with Crippen LogP contribution in [0.2, 0.25) is 0 Å². The first-order valence-electron chi connectivity index (χ1n) is 6.61. The molecule has 0 aliphatic carbocycles. The fraction of sp³-hybridized carbons (Fsp3) is 0.333. The van der Waals surface area contributed by atoms with Crippen molar-refractivity contribution >= 4 is 5.82 Å². The summed E-state index contributed by atoms with van der Waals surface area (Å²) in [5.41, 5.74) is 4.48. The second kappa shape index (κ2) is 6.34. The third-order valence-corrected chi connectivity index (χ3v) is 2.87. The lowest BCUT2D eigenvalue weighted by atomic mass is 10.1. The summed E-state index contributed by atoms with van der Waals surface area (Å²) in [7, 11) is 1.64. The molecule has 0 saturated carbocycles. The molecule has 5 heteroatoms. The third-order valence-electron chi connectivity index (χ3n) is 2.87. The SMILES string of the molecule is COc1cccc(-c2nc(CC(C)C)cc(NN)n2)c1. The number of nitrogens with zero attached hydrogens (tertiary/aromatic N) is 2. The summed E-state index contributed by atoms with van der Waals surface area (Å²) in [6, 6.07) is 9.56. The van der Waals surface area contributed by atoms with Crippen molar-refractivity contribution in [2.75, 3.05) is 12.5 Å². The Morgan fingerprint density at radius 2 is 2.05 bits per heavy atom. The van der Waals surface area contributed by atoms with Crippen molar-refractivity contribution in [2.24, 2.45) is 11.8 Å². The Morgan fingerprint density at radius 3 is 2.70 bits per heavy atom. The number of hydrogen-bond acceptors (Lipinski definition) is 5. The molecular formula is C15H20N4O. The maximum Gasteiger partial charge on any atom is 0.161 e. The van der Waals surface area contributed by atoms with Crippen LogP contribution in [0, 0.1) is 5.92 Å². The predicted octanol–water partition coefficient (Wildman–Crippen LogP) is 2.64. The number of ether oxygens (including phenoxy) is 1. The Balaban J connectivity index is 2.43. The second-order valence-electron chi connectivity index (χ2n) is 5.04. The molecule has 1 aromatic carbocycles. The van der Waals surface area contributed by atoms with Crippen molar-refractivity contribution in [1.29, 1.82) is 0 Å². The molecule has 1 aromatic heterocycles. The molecule has 2 aromatic rings. The van der Waals surface area contributed by atoms with Gasteiger partial charge in [0.25, 0.3) is 0 Å². The summed E-state index contributed by atoms with van der Waals surface area (Å²) in [5, 5.41) is 0. The molecule has 0 unspecified atom stereocenters. The minimum absolute atomic E-state index is 0.522. The molecule has 0 atom stereocenters. The normalized spacial score (nSPS) is 10.7. The minimum Gasteiger partial charge on any atom is -0.497 e. The molecule has 3 N–H and O–H groups in total. The lowest BCUT2D eigenvalue weighted by Gasteiger charge is -2.10. The second-order valence-corrected chi connectivity index (χ2v) is 5.04. The largest absolute Gasteiger partial charge is 0.497 e. The van der Waals surface area contributed by atoms with Gasteiger partial charge in [0.15, 0.2) is 5.82 Å². The number of rotatable bonds is 5. The van der Waals surface area contributed by atoms with Gasteiger partial charge >= 0.3 is 0 Å². The molecule has 0 bridgehead atoms. The first kappa shape index (κ1) is 14.3. The fourth-order valence-electron chi connectivity index (χ4n) is 1.99. The number of methoxy groups -OCH3 is 1. The summed E-state index contributed by atoms with van der Waals surface area (Å²) in [6.45, 7) is 4.31.